The molecule has 2 fully saturated rings. The molecule has 2 aliphatic rings. The fourth-order valence-electron chi connectivity index (χ4n) is 2.28. The highest BCUT2D eigenvalue weighted by atomic mass is 19.1. The first-order valence-corrected chi connectivity index (χ1v) is 7.04. The third-order valence-corrected chi connectivity index (χ3v) is 3.58. The van der Waals surface area contributed by atoms with Gasteiger partial charge in [-0.1, -0.05) is 0 Å². The highest BCUT2D eigenvalue weighted by Gasteiger charge is 2.35. The Bertz CT molecular complexity index is 537. The smallest absolute Gasteiger partial charge is 0.245 e. The predicted molar refractivity (Wildman–Crippen MR) is 74.7 cm³/mol. The molecule has 0 spiro atoms. The van der Waals surface area contributed by atoms with Crippen molar-refractivity contribution in [3.8, 4) is 0 Å². The Morgan fingerprint density at radius 3 is 3.05 bits per heavy atom. The van der Waals surface area contributed by atoms with E-state index in [1.807, 2.05) is 0 Å². The van der Waals surface area contributed by atoms with Crippen molar-refractivity contribution in [3.63, 3.8) is 0 Å². The highest BCUT2D eigenvalue weighted by Crippen LogP contribution is 2.24. The number of halogens is 1. The summed E-state index contributed by atoms with van der Waals surface area (Å²) in [5.74, 6) is -0.228. The molecule has 1 aromatic heterocycles. The largest absolute Gasteiger partial charge is 0.377 e. The van der Waals surface area contributed by atoms with Crippen LogP contribution in [0.15, 0.2) is 6.20 Å². The van der Waals surface area contributed by atoms with Crippen LogP contribution in [0.2, 0.25) is 0 Å². The minimum absolute atomic E-state index is 0.133. The van der Waals surface area contributed by atoms with Gasteiger partial charge in [-0.3, -0.25) is 4.79 Å². The first-order chi connectivity index (χ1) is 10.2. The zero-order chi connectivity index (χ0) is 14.8. The number of carbonyl (C=O) groups is 1. The molecule has 0 bridgehead atoms. The van der Waals surface area contributed by atoms with Crippen LogP contribution in [0.1, 0.15) is 12.8 Å². The molecule has 1 saturated carbocycles. The maximum absolute atomic E-state index is 14.0. The van der Waals surface area contributed by atoms with E-state index in [4.69, 9.17) is 4.74 Å². The Morgan fingerprint density at radius 2 is 2.33 bits per heavy atom. The Hall–Kier alpha value is -1.96. The number of rotatable bonds is 4. The highest BCUT2D eigenvalue weighted by molar-refractivity contribution is 5.86. The lowest BCUT2D eigenvalue weighted by Gasteiger charge is -2.35. The molecule has 1 saturated heterocycles. The molecule has 1 aliphatic carbocycles. The van der Waals surface area contributed by atoms with Crippen LogP contribution in [0.5, 0.6) is 0 Å². The van der Waals surface area contributed by atoms with E-state index in [1.54, 1.807) is 11.9 Å². The monoisotopic (exact) mass is 295 g/mol. The van der Waals surface area contributed by atoms with Crippen LogP contribution in [-0.2, 0) is 9.53 Å². The lowest BCUT2D eigenvalue weighted by molar-refractivity contribution is -0.124. The predicted octanol–water partition coefficient (Wildman–Crippen LogP) is 0.141. The van der Waals surface area contributed by atoms with E-state index in [-0.39, 0.29) is 24.4 Å². The molecule has 114 valence electrons. The van der Waals surface area contributed by atoms with Gasteiger partial charge in [-0.25, -0.2) is 9.37 Å². The van der Waals surface area contributed by atoms with E-state index in [0.29, 0.717) is 19.1 Å². The SMILES string of the molecule is CNc1ncc(F)c(N2CCOCC2C(=O)NC2CC2)n1. The third-order valence-electron chi connectivity index (χ3n) is 3.58. The van der Waals surface area contributed by atoms with E-state index in [2.05, 4.69) is 20.6 Å². The summed E-state index contributed by atoms with van der Waals surface area (Å²) in [4.78, 5) is 21.9. The van der Waals surface area contributed by atoms with Gasteiger partial charge in [0.1, 0.15) is 6.04 Å². The van der Waals surface area contributed by atoms with Gasteiger partial charge in [-0.05, 0) is 12.8 Å². The average Bonchev–Trinajstić information content (AvgIpc) is 3.32. The summed E-state index contributed by atoms with van der Waals surface area (Å²) in [6, 6.07) is -0.308. The van der Waals surface area contributed by atoms with Gasteiger partial charge in [0.25, 0.3) is 0 Å². The molecule has 0 radical (unpaired) electrons. The quantitative estimate of drug-likeness (QED) is 0.822. The normalized spacial score (nSPS) is 22.0. The summed E-state index contributed by atoms with van der Waals surface area (Å²) >= 11 is 0. The lowest BCUT2D eigenvalue weighted by atomic mass is 10.2. The molecule has 2 heterocycles. The van der Waals surface area contributed by atoms with Gasteiger partial charge in [0.05, 0.1) is 19.4 Å². The van der Waals surface area contributed by atoms with Crippen molar-refractivity contribution in [2.24, 2.45) is 0 Å². The second kappa shape index (κ2) is 5.80. The Labute approximate surface area is 121 Å². The lowest BCUT2D eigenvalue weighted by Crippen LogP contribution is -2.55. The Balaban J connectivity index is 1.84. The van der Waals surface area contributed by atoms with Gasteiger partial charge in [-0.2, -0.15) is 4.98 Å². The molecule has 1 aromatic rings. The van der Waals surface area contributed by atoms with Gasteiger partial charge in [0.15, 0.2) is 11.6 Å². The van der Waals surface area contributed by atoms with E-state index in [1.165, 1.54) is 0 Å². The molecule has 1 atom stereocenters. The van der Waals surface area contributed by atoms with Gasteiger partial charge in [-0.15, -0.1) is 0 Å². The van der Waals surface area contributed by atoms with E-state index in [9.17, 15) is 9.18 Å². The molecule has 8 heteroatoms. The second-order valence-corrected chi connectivity index (χ2v) is 5.18. The van der Waals surface area contributed by atoms with E-state index in [0.717, 1.165) is 19.0 Å². The van der Waals surface area contributed by atoms with Crippen LogP contribution in [-0.4, -0.2) is 54.8 Å². The molecular formula is C13H18FN5O2. The van der Waals surface area contributed by atoms with Gasteiger partial charge < -0.3 is 20.3 Å². The fraction of sp³-hybridized carbons (Fsp3) is 0.615. The van der Waals surface area contributed by atoms with E-state index >= 15 is 0 Å². The third kappa shape index (κ3) is 3.05. The molecule has 3 rings (SSSR count). The van der Waals surface area contributed by atoms with Crippen LogP contribution in [0.3, 0.4) is 0 Å². The van der Waals surface area contributed by atoms with Crippen molar-refractivity contribution in [1.82, 2.24) is 15.3 Å². The minimum Gasteiger partial charge on any atom is -0.377 e. The van der Waals surface area contributed by atoms with Crippen LogP contribution in [0, 0.1) is 5.82 Å². The molecule has 7 nitrogen and oxygen atoms in total. The standard InChI is InChI=1S/C13H18FN5O2/c1-15-13-16-6-9(14)11(18-13)19-4-5-21-7-10(19)12(20)17-8-2-3-8/h6,8,10H,2-5,7H2,1H3,(H,17,20)(H,15,16,18). The molecule has 0 aromatic carbocycles. The van der Waals surface area contributed by atoms with Crippen LogP contribution in [0.4, 0.5) is 16.2 Å². The van der Waals surface area contributed by atoms with Gasteiger partial charge >= 0.3 is 0 Å². The number of carbonyl (C=O) groups excluding carboxylic acids is 1. The van der Waals surface area contributed by atoms with Crippen molar-refractivity contribution >= 4 is 17.7 Å². The fourth-order valence-corrected chi connectivity index (χ4v) is 2.28. The van der Waals surface area contributed by atoms with Crippen molar-refractivity contribution in [1.29, 1.82) is 0 Å². The number of aromatic nitrogens is 2. The van der Waals surface area contributed by atoms with Crippen LogP contribution in [0.25, 0.3) is 0 Å². The van der Waals surface area contributed by atoms with Crippen molar-refractivity contribution in [2.45, 2.75) is 24.9 Å². The van der Waals surface area contributed by atoms with Gasteiger partial charge in [0.2, 0.25) is 11.9 Å². The minimum atomic E-state index is -0.562. The summed E-state index contributed by atoms with van der Waals surface area (Å²) in [5.41, 5.74) is 0. The number of morpholine rings is 1. The summed E-state index contributed by atoms with van der Waals surface area (Å²) in [5, 5.41) is 5.70. The molecule has 1 amide bonds. The Morgan fingerprint density at radius 1 is 1.52 bits per heavy atom. The molecule has 2 N–H and O–H groups in total. The van der Waals surface area contributed by atoms with Crippen molar-refractivity contribution < 1.29 is 13.9 Å². The molecular weight excluding hydrogens is 277 g/mol. The summed E-state index contributed by atoms with van der Waals surface area (Å²) < 4.78 is 19.4. The van der Waals surface area contributed by atoms with Crippen LogP contribution >= 0.6 is 0 Å². The topological polar surface area (TPSA) is 79.4 Å². The summed E-state index contributed by atoms with van der Waals surface area (Å²) in [7, 11) is 1.66. The van der Waals surface area contributed by atoms with Crippen molar-refractivity contribution in [3.05, 3.63) is 12.0 Å². The van der Waals surface area contributed by atoms with Crippen LogP contribution < -0.4 is 15.5 Å². The number of nitrogens with zero attached hydrogens (tertiary/aromatic N) is 3. The maximum atomic E-state index is 14.0. The first-order valence-electron chi connectivity index (χ1n) is 7.04. The second-order valence-electron chi connectivity index (χ2n) is 5.18. The number of amides is 1. The number of hydrogen-bond acceptors (Lipinski definition) is 6. The number of hydrogen-bond donors (Lipinski definition) is 2. The van der Waals surface area contributed by atoms with E-state index < -0.39 is 11.9 Å². The number of nitrogens with one attached hydrogen (secondary N) is 2. The number of anilines is 2. The number of ether oxygens (including phenoxy) is 1. The van der Waals surface area contributed by atoms with Gasteiger partial charge in [0, 0.05) is 19.6 Å². The maximum Gasteiger partial charge on any atom is 0.245 e. The molecule has 21 heavy (non-hydrogen) atoms. The first kappa shape index (κ1) is 14.0. The summed E-state index contributed by atoms with van der Waals surface area (Å²) in [6.45, 7) is 1.09. The Kier molecular flexibility index (Phi) is 3.87. The zero-order valence-electron chi connectivity index (χ0n) is 11.8. The molecule has 1 unspecified atom stereocenters. The average molecular weight is 295 g/mol. The summed E-state index contributed by atoms with van der Waals surface area (Å²) in [6.07, 6.45) is 3.12. The zero-order valence-corrected chi connectivity index (χ0v) is 11.8. The molecule has 1 aliphatic heterocycles. The van der Waals surface area contributed by atoms with Crippen molar-refractivity contribution in [2.75, 3.05) is 37.0 Å².